The fourth-order valence-corrected chi connectivity index (χ4v) is 4.58. The second kappa shape index (κ2) is 9.62. The van der Waals surface area contributed by atoms with Crippen molar-refractivity contribution >= 4 is 33.1 Å². The highest BCUT2D eigenvalue weighted by Gasteiger charge is 2.24. The normalized spacial score (nSPS) is 12.4. The summed E-state index contributed by atoms with van der Waals surface area (Å²) in [6.45, 7) is 12.0. The van der Waals surface area contributed by atoms with Gasteiger partial charge in [-0.15, -0.1) is 11.3 Å². The van der Waals surface area contributed by atoms with Gasteiger partial charge in [0.2, 0.25) is 5.91 Å². The van der Waals surface area contributed by atoms with Gasteiger partial charge in [0, 0.05) is 10.6 Å². The van der Waals surface area contributed by atoms with E-state index < -0.39 is 6.04 Å². The van der Waals surface area contributed by atoms with E-state index in [2.05, 4.69) is 24.1 Å². The first-order valence-corrected chi connectivity index (χ1v) is 11.3. The van der Waals surface area contributed by atoms with Gasteiger partial charge in [-0.05, 0) is 63.7 Å². The Morgan fingerprint density at radius 2 is 1.87 bits per heavy atom. The third-order valence-electron chi connectivity index (χ3n) is 5.69. The zero-order valence-electron chi connectivity index (χ0n) is 19.0. The molecule has 1 N–H and O–H groups in total. The van der Waals surface area contributed by atoms with E-state index in [0.717, 1.165) is 28.4 Å². The quantitative estimate of drug-likeness (QED) is 0.568. The lowest BCUT2D eigenvalue weighted by molar-refractivity contribution is -0.119. The number of aryl methyl sites for hydroxylation is 2. The molecule has 0 saturated heterocycles. The van der Waals surface area contributed by atoms with Crippen LogP contribution in [0, 0.1) is 13.8 Å². The molecule has 166 valence electrons. The molecule has 0 aliphatic carbocycles. The number of nitrogens with one attached hydrogen (secondary N) is 1. The van der Waals surface area contributed by atoms with Crippen LogP contribution in [0.1, 0.15) is 43.1 Å². The number of thiophene rings is 1. The number of benzene rings is 1. The molecule has 0 bridgehead atoms. The molecule has 0 fully saturated rings. The van der Waals surface area contributed by atoms with E-state index in [1.54, 1.807) is 42.9 Å². The average Bonchev–Trinajstić information content (AvgIpc) is 3.05. The lowest BCUT2D eigenvalue weighted by Gasteiger charge is -2.23. The van der Waals surface area contributed by atoms with E-state index in [1.165, 1.54) is 11.3 Å². The molecule has 0 spiro atoms. The zero-order chi connectivity index (χ0) is 22.7. The van der Waals surface area contributed by atoms with Crippen molar-refractivity contribution in [2.24, 2.45) is 0 Å². The largest absolute Gasteiger partial charge is 0.497 e. The first-order valence-electron chi connectivity index (χ1n) is 10.5. The molecule has 2 aromatic heterocycles. The number of hydrogen-bond donors (Lipinski definition) is 1. The summed E-state index contributed by atoms with van der Waals surface area (Å²) >= 11 is 1.53. The van der Waals surface area contributed by atoms with Crippen LogP contribution in [0.25, 0.3) is 10.2 Å². The molecule has 0 aliphatic rings. The van der Waals surface area contributed by atoms with Crippen molar-refractivity contribution in [3.63, 3.8) is 0 Å². The number of methoxy groups -OCH3 is 1. The topological polar surface area (TPSA) is 76.5 Å². The van der Waals surface area contributed by atoms with Gasteiger partial charge in [-0.3, -0.25) is 19.1 Å². The van der Waals surface area contributed by atoms with Crippen LogP contribution in [0.2, 0.25) is 0 Å². The van der Waals surface area contributed by atoms with Crippen LogP contribution in [0.15, 0.2) is 29.1 Å². The standard InChI is InChI=1S/C23H30N4O3S/c1-7-26(8-2)13-19-25-22-20(14(3)16(5)31-22)23(29)27(19)15(4)21(28)24-17-9-11-18(30-6)12-10-17/h9-12,15H,7-8,13H2,1-6H3,(H,24,28). The van der Waals surface area contributed by atoms with E-state index in [0.29, 0.717) is 29.2 Å². The van der Waals surface area contributed by atoms with Crippen molar-refractivity contribution in [1.29, 1.82) is 0 Å². The van der Waals surface area contributed by atoms with Crippen molar-refractivity contribution < 1.29 is 9.53 Å². The summed E-state index contributed by atoms with van der Waals surface area (Å²) in [4.78, 5) is 35.4. The minimum Gasteiger partial charge on any atom is -0.497 e. The Morgan fingerprint density at radius 1 is 1.23 bits per heavy atom. The molecule has 8 heteroatoms. The van der Waals surface area contributed by atoms with Crippen molar-refractivity contribution in [1.82, 2.24) is 14.5 Å². The Bertz CT molecular complexity index is 1130. The Hall–Kier alpha value is -2.71. The van der Waals surface area contributed by atoms with E-state index in [1.807, 2.05) is 13.8 Å². The van der Waals surface area contributed by atoms with Crippen molar-refractivity contribution in [3.8, 4) is 5.75 Å². The molecule has 31 heavy (non-hydrogen) atoms. The molecular formula is C23H30N4O3S. The molecule has 2 heterocycles. The lowest BCUT2D eigenvalue weighted by Crippen LogP contribution is -2.37. The molecule has 0 radical (unpaired) electrons. The van der Waals surface area contributed by atoms with Crippen molar-refractivity contribution in [3.05, 3.63) is 50.9 Å². The number of rotatable bonds is 8. The van der Waals surface area contributed by atoms with Gasteiger partial charge in [-0.2, -0.15) is 0 Å². The number of carbonyl (C=O) groups excluding carboxylic acids is 1. The summed E-state index contributed by atoms with van der Waals surface area (Å²) in [7, 11) is 1.59. The zero-order valence-corrected chi connectivity index (χ0v) is 19.8. The molecule has 1 amide bonds. The summed E-state index contributed by atoms with van der Waals surface area (Å²) in [5.74, 6) is 1.06. The number of aromatic nitrogens is 2. The lowest BCUT2D eigenvalue weighted by atomic mass is 10.2. The summed E-state index contributed by atoms with van der Waals surface area (Å²) < 4.78 is 6.72. The number of nitrogens with zero attached hydrogens (tertiary/aromatic N) is 3. The SMILES string of the molecule is CCN(CC)Cc1nc2sc(C)c(C)c2c(=O)n1C(C)C(=O)Nc1ccc(OC)cc1. The molecule has 1 aromatic carbocycles. The highest BCUT2D eigenvalue weighted by molar-refractivity contribution is 7.18. The van der Waals surface area contributed by atoms with Gasteiger partial charge in [0.25, 0.3) is 5.56 Å². The van der Waals surface area contributed by atoms with Crippen LogP contribution in [-0.4, -0.2) is 40.6 Å². The smallest absolute Gasteiger partial charge is 0.263 e. The van der Waals surface area contributed by atoms with Crippen LogP contribution in [0.5, 0.6) is 5.75 Å². The van der Waals surface area contributed by atoms with Crippen LogP contribution < -0.4 is 15.6 Å². The van der Waals surface area contributed by atoms with E-state index in [-0.39, 0.29) is 11.5 Å². The second-order valence-electron chi connectivity index (χ2n) is 7.52. The third-order valence-corrected chi connectivity index (χ3v) is 6.79. The molecule has 3 rings (SSSR count). The molecular weight excluding hydrogens is 412 g/mol. The van der Waals surface area contributed by atoms with Crippen LogP contribution in [-0.2, 0) is 11.3 Å². The van der Waals surface area contributed by atoms with Crippen LogP contribution in [0.3, 0.4) is 0 Å². The van der Waals surface area contributed by atoms with Gasteiger partial charge in [0.1, 0.15) is 22.4 Å². The number of anilines is 1. The monoisotopic (exact) mass is 442 g/mol. The Labute approximate surface area is 186 Å². The number of ether oxygens (including phenoxy) is 1. The summed E-state index contributed by atoms with van der Waals surface area (Å²) in [5, 5.41) is 3.51. The number of amides is 1. The molecule has 0 saturated carbocycles. The Balaban J connectivity index is 2.04. The van der Waals surface area contributed by atoms with Gasteiger partial charge in [-0.25, -0.2) is 4.98 Å². The van der Waals surface area contributed by atoms with Gasteiger partial charge in [-0.1, -0.05) is 13.8 Å². The Morgan fingerprint density at radius 3 is 2.45 bits per heavy atom. The van der Waals surface area contributed by atoms with E-state index in [4.69, 9.17) is 9.72 Å². The minimum atomic E-state index is -0.711. The fraction of sp³-hybridized carbons (Fsp3) is 0.435. The number of hydrogen-bond acceptors (Lipinski definition) is 6. The fourth-order valence-electron chi connectivity index (χ4n) is 3.54. The van der Waals surface area contributed by atoms with Crippen LogP contribution in [0.4, 0.5) is 5.69 Å². The molecule has 7 nitrogen and oxygen atoms in total. The van der Waals surface area contributed by atoms with Gasteiger partial charge >= 0.3 is 0 Å². The second-order valence-corrected chi connectivity index (χ2v) is 8.72. The number of fused-ring (bicyclic) bond motifs is 1. The maximum absolute atomic E-state index is 13.5. The van der Waals surface area contributed by atoms with E-state index >= 15 is 0 Å². The highest BCUT2D eigenvalue weighted by atomic mass is 32.1. The summed E-state index contributed by atoms with van der Waals surface area (Å²) in [6, 6.07) is 6.40. The van der Waals surface area contributed by atoms with Gasteiger partial charge in [0.05, 0.1) is 19.0 Å². The maximum Gasteiger partial charge on any atom is 0.263 e. The van der Waals surface area contributed by atoms with Crippen molar-refractivity contribution in [2.45, 2.75) is 47.2 Å². The summed E-state index contributed by atoms with van der Waals surface area (Å²) in [5.41, 5.74) is 1.42. The molecule has 3 aromatic rings. The molecule has 1 unspecified atom stereocenters. The predicted octanol–water partition coefficient (Wildman–Crippen LogP) is 4.12. The maximum atomic E-state index is 13.5. The molecule has 0 aliphatic heterocycles. The van der Waals surface area contributed by atoms with Crippen LogP contribution >= 0.6 is 11.3 Å². The van der Waals surface area contributed by atoms with E-state index in [9.17, 15) is 9.59 Å². The first-order chi connectivity index (χ1) is 14.8. The average molecular weight is 443 g/mol. The number of carbonyl (C=O) groups is 1. The third kappa shape index (κ3) is 4.65. The molecule has 1 atom stereocenters. The predicted molar refractivity (Wildman–Crippen MR) is 126 cm³/mol. The highest BCUT2D eigenvalue weighted by Crippen LogP contribution is 2.27. The summed E-state index contributed by atoms with van der Waals surface area (Å²) in [6.07, 6.45) is 0. The minimum absolute atomic E-state index is 0.161. The van der Waals surface area contributed by atoms with Crippen molar-refractivity contribution in [2.75, 3.05) is 25.5 Å². The van der Waals surface area contributed by atoms with Gasteiger partial charge < -0.3 is 10.1 Å². The first kappa shape index (κ1) is 23.0. The Kier molecular flexibility index (Phi) is 7.12. The van der Waals surface area contributed by atoms with Gasteiger partial charge in [0.15, 0.2) is 0 Å².